The summed E-state index contributed by atoms with van der Waals surface area (Å²) in [4.78, 5) is 16.5. The number of ether oxygens (including phenoxy) is 1. The zero-order valence-corrected chi connectivity index (χ0v) is 14.4. The molecule has 5 heteroatoms. The van der Waals surface area contributed by atoms with Gasteiger partial charge in [0.15, 0.2) is 0 Å². The Morgan fingerprint density at radius 2 is 1.76 bits per heavy atom. The Morgan fingerprint density at radius 3 is 2.29 bits per heavy atom. The minimum atomic E-state index is 0.120. The minimum Gasteiger partial charge on any atom is -0.380 e. The molecule has 0 aromatic rings. The third-order valence-corrected chi connectivity index (χ3v) is 3.76. The Balaban J connectivity index is 2.07. The average molecular weight is 299 g/mol. The van der Waals surface area contributed by atoms with Crippen molar-refractivity contribution in [3.63, 3.8) is 0 Å². The summed E-state index contributed by atoms with van der Waals surface area (Å²) in [6.07, 6.45) is 0.497. The van der Waals surface area contributed by atoms with Crippen molar-refractivity contribution in [3.8, 4) is 0 Å². The van der Waals surface area contributed by atoms with E-state index in [4.69, 9.17) is 4.74 Å². The maximum atomic E-state index is 12.1. The zero-order valence-electron chi connectivity index (χ0n) is 14.4. The van der Waals surface area contributed by atoms with Gasteiger partial charge in [-0.15, -0.1) is 0 Å². The summed E-state index contributed by atoms with van der Waals surface area (Å²) in [5.74, 6) is 0.224. The van der Waals surface area contributed by atoms with Crippen LogP contribution in [0.3, 0.4) is 0 Å². The average Bonchev–Trinajstić information content (AvgIpc) is 2.41. The molecule has 1 saturated heterocycles. The van der Waals surface area contributed by atoms with E-state index in [1.165, 1.54) is 0 Å². The predicted molar refractivity (Wildman–Crippen MR) is 86.5 cm³/mol. The number of rotatable bonds is 7. The maximum Gasteiger partial charge on any atom is 0.224 e. The van der Waals surface area contributed by atoms with E-state index in [1.54, 1.807) is 0 Å². The summed E-state index contributed by atoms with van der Waals surface area (Å²) >= 11 is 0. The number of carbonyl (C=O) groups is 1. The first kappa shape index (κ1) is 18.4. The normalized spacial score (nSPS) is 17.5. The molecule has 21 heavy (non-hydrogen) atoms. The first-order valence-corrected chi connectivity index (χ1v) is 8.14. The summed E-state index contributed by atoms with van der Waals surface area (Å²) in [5, 5.41) is 3.36. The lowest BCUT2D eigenvalue weighted by Gasteiger charge is -2.37. The number of hydrogen-bond donors (Lipinski definition) is 1. The fourth-order valence-electron chi connectivity index (χ4n) is 2.41. The molecule has 1 heterocycles. The van der Waals surface area contributed by atoms with Gasteiger partial charge in [-0.3, -0.25) is 9.69 Å². The number of carbonyl (C=O) groups excluding carboxylic acids is 1. The Kier molecular flexibility index (Phi) is 7.63. The largest absolute Gasteiger partial charge is 0.380 e. The van der Waals surface area contributed by atoms with E-state index in [2.05, 4.69) is 44.8 Å². The van der Waals surface area contributed by atoms with Crippen LogP contribution in [0.4, 0.5) is 0 Å². The molecule has 0 aliphatic carbocycles. The molecule has 1 fully saturated rings. The molecule has 0 unspecified atom stereocenters. The Bertz CT molecular complexity index is 305. The molecule has 5 nitrogen and oxygen atoms in total. The summed E-state index contributed by atoms with van der Waals surface area (Å²) in [6, 6.07) is 0.570. The highest BCUT2D eigenvalue weighted by atomic mass is 16.5. The van der Waals surface area contributed by atoms with E-state index in [0.717, 1.165) is 32.7 Å². The molecule has 1 aliphatic heterocycles. The number of piperazine rings is 1. The van der Waals surface area contributed by atoms with Gasteiger partial charge < -0.3 is 15.0 Å². The van der Waals surface area contributed by atoms with E-state index in [-0.39, 0.29) is 11.4 Å². The highest BCUT2D eigenvalue weighted by Gasteiger charge is 2.21. The number of nitrogens with one attached hydrogen (secondary N) is 1. The van der Waals surface area contributed by atoms with Gasteiger partial charge in [0.2, 0.25) is 5.91 Å². The molecule has 124 valence electrons. The third kappa shape index (κ3) is 7.79. The van der Waals surface area contributed by atoms with Crippen molar-refractivity contribution in [2.75, 3.05) is 45.9 Å². The lowest BCUT2D eigenvalue weighted by molar-refractivity contribution is -0.134. The first-order valence-electron chi connectivity index (χ1n) is 8.14. The SMILES string of the molecule is CC(C)N1CCN(C(=O)CCOCCNC(C)(C)C)CC1. The molecule has 0 spiro atoms. The van der Waals surface area contributed by atoms with Crippen molar-refractivity contribution >= 4 is 5.91 Å². The van der Waals surface area contributed by atoms with Gasteiger partial charge in [-0.2, -0.15) is 0 Å². The van der Waals surface area contributed by atoms with Crippen LogP contribution in [0.1, 0.15) is 41.0 Å². The lowest BCUT2D eigenvalue weighted by Crippen LogP contribution is -2.50. The van der Waals surface area contributed by atoms with Gasteiger partial charge in [0, 0.05) is 44.3 Å². The van der Waals surface area contributed by atoms with Crippen molar-refractivity contribution in [2.45, 2.75) is 52.6 Å². The lowest BCUT2D eigenvalue weighted by atomic mass is 10.1. The van der Waals surface area contributed by atoms with Crippen LogP contribution in [-0.4, -0.2) is 73.2 Å². The van der Waals surface area contributed by atoms with Crippen LogP contribution >= 0.6 is 0 Å². The molecule has 0 radical (unpaired) electrons. The standard InChI is InChI=1S/C16H33N3O2/c1-14(2)18-8-10-19(11-9-18)15(20)6-12-21-13-7-17-16(3,4)5/h14,17H,6-13H2,1-5H3. The fourth-order valence-corrected chi connectivity index (χ4v) is 2.41. The smallest absolute Gasteiger partial charge is 0.224 e. The van der Waals surface area contributed by atoms with Gasteiger partial charge in [0.25, 0.3) is 0 Å². The van der Waals surface area contributed by atoms with E-state index in [1.807, 2.05) is 4.90 Å². The number of nitrogens with zero attached hydrogens (tertiary/aromatic N) is 2. The summed E-state index contributed by atoms with van der Waals surface area (Å²) < 4.78 is 5.53. The highest BCUT2D eigenvalue weighted by Crippen LogP contribution is 2.07. The van der Waals surface area contributed by atoms with E-state index in [9.17, 15) is 4.79 Å². The molecule has 0 saturated carbocycles. The molecular formula is C16H33N3O2. The van der Waals surface area contributed by atoms with Crippen molar-refractivity contribution in [1.82, 2.24) is 15.1 Å². The molecule has 1 amide bonds. The summed E-state index contributed by atoms with van der Waals surface area (Å²) in [7, 11) is 0. The van der Waals surface area contributed by atoms with Gasteiger partial charge in [-0.05, 0) is 34.6 Å². The van der Waals surface area contributed by atoms with Gasteiger partial charge in [-0.25, -0.2) is 0 Å². The van der Waals surface area contributed by atoms with Crippen LogP contribution in [0.15, 0.2) is 0 Å². The first-order chi connectivity index (χ1) is 9.79. The number of hydrogen-bond acceptors (Lipinski definition) is 4. The second-order valence-electron chi connectivity index (χ2n) is 7.05. The second kappa shape index (κ2) is 8.71. The van der Waals surface area contributed by atoms with Crippen molar-refractivity contribution in [1.29, 1.82) is 0 Å². The quantitative estimate of drug-likeness (QED) is 0.721. The fraction of sp³-hybridized carbons (Fsp3) is 0.938. The molecule has 0 aromatic heterocycles. The topological polar surface area (TPSA) is 44.8 Å². The maximum absolute atomic E-state index is 12.1. The molecule has 1 aliphatic rings. The Labute approximate surface area is 130 Å². The summed E-state index contributed by atoms with van der Waals surface area (Å²) in [5.41, 5.74) is 0.120. The minimum absolute atomic E-state index is 0.120. The van der Waals surface area contributed by atoms with Crippen LogP contribution in [0, 0.1) is 0 Å². The van der Waals surface area contributed by atoms with Gasteiger partial charge in [0.05, 0.1) is 19.6 Å². The molecule has 0 aromatic carbocycles. The van der Waals surface area contributed by atoms with Crippen LogP contribution in [0.5, 0.6) is 0 Å². The van der Waals surface area contributed by atoms with Gasteiger partial charge in [-0.1, -0.05) is 0 Å². The second-order valence-corrected chi connectivity index (χ2v) is 7.05. The van der Waals surface area contributed by atoms with Crippen LogP contribution in [0.25, 0.3) is 0 Å². The third-order valence-electron chi connectivity index (χ3n) is 3.76. The zero-order chi connectivity index (χ0) is 15.9. The number of amides is 1. The van der Waals surface area contributed by atoms with E-state index >= 15 is 0 Å². The van der Waals surface area contributed by atoms with E-state index < -0.39 is 0 Å². The Hall–Kier alpha value is -0.650. The summed E-state index contributed by atoms with van der Waals surface area (Å²) in [6.45, 7) is 16.5. The predicted octanol–water partition coefficient (Wildman–Crippen LogP) is 1.33. The molecule has 0 bridgehead atoms. The monoisotopic (exact) mass is 299 g/mol. The van der Waals surface area contributed by atoms with Crippen molar-refractivity contribution < 1.29 is 9.53 Å². The Morgan fingerprint density at radius 1 is 1.14 bits per heavy atom. The van der Waals surface area contributed by atoms with Gasteiger partial charge >= 0.3 is 0 Å². The van der Waals surface area contributed by atoms with Crippen LogP contribution in [0.2, 0.25) is 0 Å². The molecule has 1 N–H and O–H groups in total. The van der Waals surface area contributed by atoms with Crippen molar-refractivity contribution in [2.24, 2.45) is 0 Å². The van der Waals surface area contributed by atoms with Crippen molar-refractivity contribution in [3.05, 3.63) is 0 Å². The highest BCUT2D eigenvalue weighted by molar-refractivity contribution is 5.76. The molecule has 1 rings (SSSR count). The van der Waals surface area contributed by atoms with Crippen LogP contribution in [-0.2, 0) is 9.53 Å². The van der Waals surface area contributed by atoms with Crippen LogP contribution < -0.4 is 5.32 Å². The molecular weight excluding hydrogens is 266 g/mol. The molecule has 0 atom stereocenters. The van der Waals surface area contributed by atoms with E-state index in [0.29, 0.717) is 25.7 Å². The van der Waals surface area contributed by atoms with Gasteiger partial charge in [0.1, 0.15) is 0 Å².